The van der Waals surface area contributed by atoms with Gasteiger partial charge in [-0.25, -0.2) is 0 Å². The van der Waals surface area contributed by atoms with Crippen LogP contribution in [-0.2, 0) is 9.59 Å². The summed E-state index contributed by atoms with van der Waals surface area (Å²) in [6.07, 6.45) is 3.78. The van der Waals surface area contributed by atoms with Crippen LogP contribution in [-0.4, -0.2) is 71.5 Å². The fourth-order valence-electron chi connectivity index (χ4n) is 1.59. The molecule has 0 aliphatic heterocycles. The first-order valence-corrected chi connectivity index (χ1v) is 7.39. The lowest BCUT2D eigenvalue weighted by Crippen LogP contribution is -2.35. The van der Waals surface area contributed by atoms with Gasteiger partial charge in [-0.1, -0.05) is 19.8 Å². The Morgan fingerprint density at radius 1 is 1.05 bits per heavy atom. The third-order valence-electron chi connectivity index (χ3n) is 2.62. The molecule has 0 aliphatic rings. The molecule has 0 unspecified atom stereocenters. The number of unbranched alkanes of at least 4 members (excludes halogenated alkanes) is 2. The molecule has 0 saturated carbocycles. The minimum absolute atomic E-state index is 0.0788. The summed E-state index contributed by atoms with van der Waals surface area (Å²) < 4.78 is 0. The molecule has 0 fully saturated rings. The maximum absolute atomic E-state index is 10.5. The minimum atomic E-state index is -0.833. The number of carboxylic acids is 2. The van der Waals surface area contributed by atoms with Crippen molar-refractivity contribution in [3.05, 3.63) is 0 Å². The van der Waals surface area contributed by atoms with Gasteiger partial charge >= 0.3 is 5.97 Å². The van der Waals surface area contributed by atoms with Crippen LogP contribution in [0.1, 0.15) is 39.5 Å². The summed E-state index contributed by atoms with van der Waals surface area (Å²) in [5.41, 5.74) is 0. The molecule has 0 aromatic rings. The van der Waals surface area contributed by atoms with Gasteiger partial charge in [-0.2, -0.15) is 0 Å². The molecular weight excluding hydrogens is 276 g/mol. The number of nitrogens with zero attached hydrogens (tertiary/aromatic N) is 1. The summed E-state index contributed by atoms with van der Waals surface area (Å²) in [6, 6.07) is 0. The van der Waals surface area contributed by atoms with Gasteiger partial charge < -0.3 is 20.6 Å². The summed E-state index contributed by atoms with van der Waals surface area (Å²) in [7, 11) is 0. The van der Waals surface area contributed by atoms with Gasteiger partial charge in [-0.05, 0) is 13.0 Å². The van der Waals surface area contributed by atoms with Crippen molar-refractivity contribution in [2.24, 2.45) is 0 Å². The summed E-state index contributed by atoms with van der Waals surface area (Å²) in [5, 5.41) is 28.2. The summed E-state index contributed by atoms with van der Waals surface area (Å²) in [6.45, 7) is 7.05. The molecule has 0 aromatic carbocycles. The minimum Gasteiger partial charge on any atom is -0.481 e. The number of rotatable bonds is 12. The molecule has 0 amide bonds. The van der Waals surface area contributed by atoms with Crippen LogP contribution >= 0.6 is 0 Å². The van der Waals surface area contributed by atoms with E-state index in [9.17, 15) is 4.79 Å². The van der Waals surface area contributed by atoms with Crippen molar-refractivity contribution in [3.8, 4) is 0 Å². The van der Waals surface area contributed by atoms with Crippen molar-refractivity contribution in [1.82, 2.24) is 10.2 Å². The Morgan fingerprint density at radius 3 is 2.14 bits per heavy atom. The van der Waals surface area contributed by atoms with Crippen LogP contribution in [0.25, 0.3) is 0 Å². The van der Waals surface area contributed by atoms with Gasteiger partial charge in [0, 0.05) is 33.1 Å². The van der Waals surface area contributed by atoms with Crippen LogP contribution in [0.4, 0.5) is 0 Å². The van der Waals surface area contributed by atoms with E-state index in [0.29, 0.717) is 13.1 Å². The van der Waals surface area contributed by atoms with Gasteiger partial charge in [0.25, 0.3) is 5.97 Å². The normalized spacial score (nSPS) is 10.1. The number of aliphatic hydroxyl groups excluding tert-OH is 1. The Balaban J connectivity index is 0. The highest BCUT2D eigenvalue weighted by atomic mass is 16.4. The number of hydrogen-bond acceptors (Lipinski definition) is 5. The third kappa shape index (κ3) is 24.2. The molecule has 7 heteroatoms. The van der Waals surface area contributed by atoms with Crippen molar-refractivity contribution >= 4 is 11.9 Å². The summed E-state index contributed by atoms with van der Waals surface area (Å²) in [5.74, 6) is -1.62. The largest absolute Gasteiger partial charge is 0.481 e. The van der Waals surface area contributed by atoms with Gasteiger partial charge in [0.2, 0.25) is 0 Å². The summed E-state index contributed by atoms with van der Waals surface area (Å²) >= 11 is 0. The van der Waals surface area contributed by atoms with Gasteiger partial charge in [-0.15, -0.1) is 0 Å². The van der Waals surface area contributed by atoms with Crippen molar-refractivity contribution < 1.29 is 24.9 Å². The Bertz CT molecular complexity index is 258. The molecule has 0 aliphatic carbocycles. The fourth-order valence-corrected chi connectivity index (χ4v) is 1.59. The monoisotopic (exact) mass is 306 g/mol. The standard InChI is InChI=1S/C12H26N2O3.C2H4O2/c1-2-3-4-6-13-7-9-14(10-11-15)8-5-12(16)17;1-2(3)4/h13,15H,2-11H2,1H3,(H,16,17);1H3,(H,3,4). The van der Waals surface area contributed by atoms with Crippen LogP contribution < -0.4 is 5.32 Å². The predicted molar refractivity (Wildman–Crippen MR) is 81.5 cm³/mol. The molecule has 21 heavy (non-hydrogen) atoms. The average molecular weight is 306 g/mol. The number of carbonyl (C=O) groups is 2. The molecule has 0 heterocycles. The molecule has 0 bridgehead atoms. The van der Waals surface area contributed by atoms with E-state index < -0.39 is 11.9 Å². The van der Waals surface area contributed by atoms with E-state index >= 15 is 0 Å². The lowest BCUT2D eigenvalue weighted by Gasteiger charge is -2.20. The maximum Gasteiger partial charge on any atom is 0.304 e. The molecule has 0 radical (unpaired) electrons. The van der Waals surface area contributed by atoms with Gasteiger partial charge in [-0.3, -0.25) is 14.5 Å². The second-order valence-corrected chi connectivity index (χ2v) is 4.69. The number of carboxylic acid groups (broad SMARTS) is 2. The lowest BCUT2D eigenvalue weighted by molar-refractivity contribution is -0.137. The SMILES string of the molecule is CC(=O)O.CCCCCNCCN(CCO)CCC(=O)O. The fraction of sp³-hybridized carbons (Fsp3) is 0.857. The molecule has 0 saturated heterocycles. The smallest absolute Gasteiger partial charge is 0.304 e. The van der Waals surface area contributed by atoms with Crippen LogP contribution in [0.5, 0.6) is 0 Å². The highest BCUT2D eigenvalue weighted by Gasteiger charge is 2.06. The Kier molecular flexibility index (Phi) is 17.8. The van der Waals surface area contributed by atoms with E-state index in [2.05, 4.69) is 12.2 Å². The van der Waals surface area contributed by atoms with E-state index in [-0.39, 0.29) is 13.0 Å². The number of aliphatic hydroxyl groups is 1. The Morgan fingerprint density at radius 2 is 1.67 bits per heavy atom. The van der Waals surface area contributed by atoms with Crippen LogP contribution in [0.15, 0.2) is 0 Å². The van der Waals surface area contributed by atoms with Crippen molar-refractivity contribution in [2.45, 2.75) is 39.5 Å². The Labute approximate surface area is 127 Å². The van der Waals surface area contributed by atoms with Crippen molar-refractivity contribution in [2.75, 3.05) is 39.3 Å². The van der Waals surface area contributed by atoms with E-state index in [1.165, 1.54) is 19.3 Å². The average Bonchev–Trinajstić information content (AvgIpc) is 2.39. The maximum atomic E-state index is 10.5. The summed E-state index contributed by atoms with van der Waals surface area (Å²) in [4.78, 5) is 21.4. The van der Waals surface area contributed by atoms with Crippen molar-refractivity contribution in [3.63, 3.8) is 0 Å². The highest BCUT2D eigenvalue weighted by Crippen LogP contribution is 1.93. The van der Waals surface area contributed by atoms with Crippen LogP contribution in [0, 0.1) is 0 Å². The number of nitrogens with one attached hydrogen (secondary N) is 1. The molecule has 0 spiro atoms. The second kappa shape index (κ2) is 16.9. The van der Waals surface area contributed by atoms with Gasteiger partial charge in [0.15, 0.2) is 0 Å². The van der Waals surface area contributed by atoms with Gasteiger partial charge in [0.1, 0.15) is 0 Å². The third-order valence-corrected chi connectivity index (χ3v) is 2.62. The molecule has 0 atom stereocenters. The van der Waals surface area contributed by atoms with E-state index in [4.69, 9.17) is 20.1 Å². The molecule has 126 valence electrons. The molecular formula is C14H30N2O5. The quantitative estimate of drug-likeness (QED) is 0.391. The van der Waals surface area contributed by atoms with Crippen molar-refractivity contribution in [1.29, 1.82) is 0 Å². The second-order valence-electron chi connectivity index (χ2n) is 4.69. The predicted octanol–water partition coefficient (Wildman–Crippen LogP) is 0.626. The van der Waals surface area contributed by atoms with Crippen LogP contribution in [0.2, 0.25) is 0 Å². The molecule has 0 aromatic heterocycles. The molecule has 4 N–H and O–H groups in total. The van der Waals surface area contributed by atoms with Gasteiger partial charge in [0.05, 0.1) is 13.0 Å². The van der Waals surface area contributed by atoms with E-state index in [1.807, 2.05) is 4.90 Å². The Hall–Kier alpha value is -1.18. The van der Waals surface area contributed by atoms with Crippen LogP contribution in [0.3, 0.4) is 0 Å². The highest BCUT2D eigenvalue weighted by molar-refractivity contribution is 5.66. The lowest BCUT2D eigenvalue weighted by atomic mass is 10.2. The first-order chi connectivity index (χ1) is 9.93. The molecule has 0 rings (SSSR count). The zero-order valence-electron chi connectivity index (χ0n) is 13.2. The van der Waals surface area contributed by atoms with E-state index in [0.717, 1.165) is 26.6 Å². The first kappa shape index (κ1) is 22.1. The molecule has 7 nitrogen and oxygen atoms in total. The number of hydrogen-bond donors (Lipinski definition) is 4. The number of aliphatic carboxylic acids is 2. The zero-order chi connectivity index (χ0) is 16.5. The van der Waals surface area contributed by atoms with E-state index in [1.54, 1.807) is 0 Å². The first-order valence-electron chi connectivity index (χ1n) is 7.39. The topological polar surface area (TPSA) is 110 Å². The zero-order valence-corrected chi connectivity index (χ0v) is 13.2.